The molecule has 206 valence electrons. The van der Waals surface area contributed by atoms with Crippen molar-refractivity contribution in [2.45, 2.75) is 155 Å². The number of carbonyl (C=O) groups excluding carboxylic acids is 3. The Bertz CT molecular complexity index is 531. The van der Waals surface area contributed by atoms with Gasteiger partial charge in [-0.05, 0) is 6.42 Å². The summed E-state index contributed by atoms with van der Waals surface area (Å²) >= 11 is 0. The molecule has 35 heavy (non-hydrogen) atoms. The largest absolute Gasteiger partial charge is 0.463 e. The van der Waals surface area contributed by atoms with E-state index in [4.69, 9.17) is 9.47 Å². The van der Waals surface area contributed by atoms with Gasteiger partial charge in [0.15, 0.2) is 0 Å². The van der Waals surface area contributed by atoms with Gasteiger partial charge in [-0.3, -0.25) is 14.4 Å². The molecular formula is C29H55NO5. The van der Waals surface area contributed by atoms with Gasteiger partial charge in [0.2, 0.25) is 5.91 Å². The monoisotopic (exact) mass is 497 g/mol. The van der Waals surface area contributed by atoms with Gasteiger partial charge in [0.1, 0.15) is 18.8 Å². The SMILES string of the molecule is CCCCCCCCCCCCCCCCCCCCC(COC(C)=O)(COC(C)=O)NC(C)=O. The van der Waals surface area contributed by atoms with Crippen LogP contribution in [0.3, 0.4) is 0 Å². The number of unbranched alkanes of at least 4 members (excludes halogenated alkanes) is 17. The minimum absolute atomic E-state index is 0.00809. The van der Waals surface area contributed by atoms with Crippen molar-refractivity contribution < 1.29 is 23.9 Å². The highest BCUT2D eigenvalue weighted by Gasteiger charge is 2.33. The fourth-order valence-electron chi connectivity index (χ4n) is 4.54. The van der Waals surface area contributed by atoms with Gasteiger partial charge in [0.25, 0.3) is 0 Å². The number of hydrogen-bond acceptors (Lipinski definition) is 5. The first-order valence-electron chi connectivity index (χ1n) is 14.4. The van der Waals surface area contributed by atoms with Gasteiger partial charge in [0, 0.05) is 20.8 Å². The van der Waals surface area contributed by atoms with Gasteiger partial charge in [-0.25, -0.2) is 0 Å². The Balaban J connectivity index is 3.86. The molecule has 1 N–H and O–H groups in total. The number of rotatable bonds is 24. The van der Waals surface area contributed by atoms with E-state index < -0.39 is 17.5 Å². The lowest BCUT2D eigenvalue weighted by atomic mass is 9.92. The van der Waals surface area contributed by atoms with Gasteiger partial charge in [-0.2, -0.15) is 0 Å². The number of hydrogen-bond donors (Lipinski definition) is 1. The lowest BCUT2D eigenvalue weighted by molar-refractivity contribution is -0.150. The van der Waals surface area contributed by atoms with Crippen LogP contribution < -0.4 is 5.32 Å². The Kier molecular flexibility index (Phi) is 21.8. The van der Waals surface area contributed by atoms with E-state index in [9.17, 15) is 14.4 Å². The summed E-state index contributed by atoms with van der Waals surface area (Å²) in [6.07, 6.45) is 24.2. The fraction of sp³-hybridized carbons (Fsp3) is 0.897. The molecule has 0 saturated carbocycles. The first-order valence-corrected chi connectivity index (χ1v) is 14.4. The molecule has 0 heterocycles. The van der Waals surface area contributed by atoms with Crippen LogP contribution in [0.4, 0.5) is 0 Å². The highest BCUT2D eigenvalue weighted by molar-refractivity contribution is 5.74. The van der Waals surface area contributed by atoms with E-state index in [1.807, 2.05) is 0 Å². The zero-order chi connectivity index (χ0) is 26.2. The molecular weight excluding hydrogens is 442 g/mol. The van der Waals surface area contributed by atoms with Crippen molar-refractivity contribution in [3.05, 3.63) is 0 Å². The molecule has 0 atom stereocenters. The lowest BCUT2D eigenvalue weighted by Crippen LogP contribution is -2.55. The summed E-state index contributed by atoms with van der Waals surface area (Å²) in [5.41, 5.74) is -0.863. The van der Waals surface area contributed by atoms with E-state index in [0.717, 1.165) is 19.3 Å². The van der Waals surface area contributed by atoms with Gasteiger partial charge >= 0.3 is 11.9 Å². The van der Waals surface area contributed by atoms with Gasteiger partial charge in [-0.15, -0.1) is 0 Å². The van der Waals surface area contributed by atoms with E-state index in [1.54, 1.807) is 0 Å². The van der Waals surface area contributed by atoms with Crippen molar-refractivity contribution in [1.82, 2.24) is 5.32 Å². The maximum atomic E-state index is 11.7. The van der Waals surface area contributed by atoms with Crippen LogP contribution in [0.25, 0.3) is 0 Å². The summed E-state index contributed by atoms with van der Waals surface area (Å²) in [7, 11) is 0. The van der Waals surface area contributed by atoms with Crippen LogP contribution in [0.15, 0.2) is 0 Å². The van der Waals surface area contributed by atoms with Crippen molar-refractivity contribution in [2.24, 2.45) is 0 Å². The molecule has 0 aliphatic heterocycles. The third kappa shape index (κ3) is 22.6. The van der Waals surface area contributed by atoms with Crippen molar-refractivity contribution >= 4 is 17.8 Å². The van der Waals surface area contributed by atoms with Gasteiger partial charge in [0.05, 0.1) is 0 Å². The summed E-state index contributed by atoms with van der Waals surface area (Å²) in [5.74, 6) is -1.06. The molecule has 0 aliphatic carbocycles. The van der Waals surface area contributed by atoms with Gasteiger partial charge < -0.3 is 14.8 Å². The van der Waals surface area contributed by atoms with Crippen LogP contribution in [0.2, 0.25) is 0 Å². The maximum absolute atomic E-state index is 11.7. The summed E-state index contributed by atoms with van der Waals surface area (Å²) in [5, 5.41) is 2.87. The smallest absolute Gasteiger partial charge is 0.302 e. The lowest BCUT2D eigenvalue weighted by Gasteiger charge is -2.33. The second-order valence-corrected chi connectivity index (χ2v) is 10.3. The highest BCUT2D eigenvalue weighted by atomic mass is 16.5. The predicted octanol–water partition coefficient (Wildman–Crippen LogP) is 7.42. The summed E-state index contributed by atoms with van der Waals surface area (Å²) < 4.78 is 10.4. The molecule has 0 unspecified atom stereocenters. The van der Waals surface area contributed by atoms with Crippen molar-refractivity contribution in [3.8, 4) is 0 Å². The average Bonchev–Trinajstić information content (AvgIpc) is 2.80. The van der Waals surface area contributed by atoms with Crippen molar-refractivity contribution in [1.29, 1.82) is 0 Å². The summed E-state index contributed by atoms with van der Waals surface area (Å²) in [4.78, 5) is 34.4. The Morgan fingerprint density at radius 1 is 0.543 bits per heavy atom. The highest BCUT2D eigenvalue weighted by Crippen LogP contribution is 2.20. The first-order chi connectivity index (χ1) is 16.8. The quantitative estimate of drug-likeness (QED) is 0.111. The van der Waals surface area contributed by atoms with Crippen LogP contribution in [0, 0.1) is 0 Å². The average molecular weight is 498 g/mol. The molecule has 0 radical (unpaired) electrons. The maximum Gasteiger partial charge on any atom is 0.302 e. The fourth-order valence-corrected chi connectivity index (χ4v) is 4.54. The van der Waals surface area contributed by atoms with Crippen LogP contribution >= 0.6 is 0 Å². The predicted molar refractivity (Wildman–Crippen MR) is 143 cm³/mol. The first kappa shape index (κ1) is 33.4. The van der Waals surface area contributed by atoms with Crippen LogP contribution in [0.1, 0.15) is 150 Å². The molecule has 1 amide bonds. The van der Waals surface area contributed by atoms with Crippen LogP contribution in [0.5, 0.6) is 0 Å². The Hall–Kier alpha value is -1.59. The normalized spacial score (nSPS) is 11.3. The zero-order valence-corrected chi connectivity index (χ0v) is 23.4. The van der Waals surface area contributed by atoms with Crippen molar-refractivity contribution in [3.63, 3.8) is 0 Å². The van der Waals surface area contributed by atoms with Gasteiger partial charge in [-0.1, -0.05) is 122 Å². The number of esters is 2. The standard InChI is InChI=1S/C29H55NO5/c1-5-6-7-8-9-10-11-12-13-14-15-16-17-18-19-20-21-22-23-29(30-26(2)31,24-34-27(3)32)25-35-28(4)33/h5-25H2,1-4H3,(H,30,31). The molecule has 0 rings (SSSR count). The molecule has 0 aromatic carbocycles. The molecule has 6 heteroatoms. The van der Waals surface area contributed by atoms with Crippen molar-refractivity contribution in [2.75, 3.05) is 13.2 Å². The molecule has 0 aromatic heterocycles. The second-order valence-electron chi connectivity index (χ2n) is 10.3. The third-order valence-electron chi connectivity index (χ3n) is 6.55. The molecule has 0 aromatic rings. The minimum Gasteiger partial charge on any atom is -0.463 e. The zero-order valence-electron chi connectivity index (χ0n) is 23.4. The van der Waals surface area contributed by atoms with Crippen LogP contribution in [-0.2, 0) is 23.9 Å². The molecule has 0 fully saturated rings. The van der Waals surface area contributed by atoms with E-state index in [2.05, 4.69) is 12.2 Å². The van der Waals surface area contributed by atoms with E-state index >= 15 is 0 Å². The second kappa shape index (κ2) is 22.8. The molecule has 0 bridgehead atoms. The third-order valence-corrected chi connectivity index (χ3v) is 6.55. The van der Waals surface area contributed by atoms with E-state index in [1.165, 1.54) is 117 Å². The van der Waals surface area contributed by atoms with E-state index in [-0.39, 0.29) is 19.1 Å². The topological polar surface area (TPSA) is 81.7 Å². The van der Waals surface area contributed by atoms with Crippen LogP contribution in [-0.4, -0.2) is 36.6 Å². The number of ether oxygens (including phenoxy) is 2. The molecule has 0 aliphatic rings. The number of amides is 1. The summed E-state index contributed by atoms with van der Waals surface area (Å²) in [6, 6.07) is 0. The minimum atomic E-state index is -0.863. The molecule has 0 spiro atoms. The Morgan fingerprint density at radius 2 is 0.857 bits per heavy atom. The molecule has 0 saturated heterocycles. The number of nitrogens with one attached hydrogen (secondary N) is 1. The van der Waals surface area contributed by atoms with E-state index in [0.29, 0.717) is 6.42 Å². The summed E-state index contributed by atoms with van der Waals surface area (Å²) in [6.45, 7) is 6.38. The number of carbonyl (C=O) groups is 3. The Labute approximate surface area is 215 Å². The molecule has 6 nitrogen and oxygen atoms in total. The Morgan fingerprint density at radius 3 is 1.14 bits per heavy atom.